The van der Waals surface area contributed by atoms with E-state index in [2.05, 4.69) is 55.0 Å². The zero-order valence-electron chi connectivity index (χ0n) is 11.6. The fourth-order valence-corrected chi connectivity index (χ4v) is 1.68. The lowest BCUT2D eigenvalue weighted by atomic mass is 10.3. The lowest BCUT2D eigenvalue weighted by Crippen LogP contribution is -2.33. The third-order valence-corrected chi connectivity index (χ3v) is 2.59. The van der Waals surface area contributed by atoms with Crippen LogP contribution in [-0.4, -0.2) is 45.8 Å². The molecular formula is C12H25N5. The maximum absolute atomic E-state index is 4.31. The van der Waals surface area contributed by atoms with Crippen molar-refractivity contribution in [2.24, 2.45) is 0 Å². The van der Waals surface area contributed by atoms with Crippen LogP contribution in [0.3, 0.4) is 0 Å². The van der Waals surface area contributed by atoms with Gasteiger partial charge in [0.05, 0.1) is 6.54 Å². The zero-order valence-corrected chi connectivity index (χ0v) is 11.6. The Morgan fingerprint density at radius 3 is 2.65 bits per heavy atom. The highest BCUT2D eigenvalue weighted by Crippen LogP contribution is 2.06. The van der Waals surface area contributed by atoms with Gasteiger partial charge in [0.25, 0.3) is 0 Å². The van der Waals surface area contributed by atoms with E-state index in [0.29, 0.717) is 12.1 Å². The van der Waals surface area contributed by atoms with E-state index < -0.39 is 0 Å². The predicted molar refractivity (Wildman–Crippen MR) is 69.9 cm³/mol. The Bertz CT molecular complexity index is 318. The summed E-state index contributed by atoms with van der Waals surface area (Å²) in [6.45, 7) is 11.4. The molecule has 0 bridgehead atoms. The predicted octanol–water partition coefficient (Wildman–Crippen LogP) is 1.29. The molecular weight excluding hydrogens is 214 g/mol. The fraction of sp³-hybridized carbons (Fsp3) is 0.833. The fourth-order valence-electron chi connectivity index (χ4n) is 1.68. The lowest BCUT2D eigenvalue weighted by Gasteiger charge is -2.18. The van der Waals surface area contributed by atoms with E-state index in [4.69, 9.17) is 0 Å². The monoisotopic (exact) mass is 239 g/mol. The molecule has 0 aliphatic carbocycles. The van der Waals surface area contributed by atoms with Crippen LogP contribution in [0.25, 0.3) is 0 Å². The first kappa shape index (κ1) is 14.1. The molecule has 0 atom stereocenters. The van der Waals surface area contributed by atoms with Crippen molar-refractivity contribution in [2.75, 3.05) is 20.1 Å². The third kappa shape index (κ3) is 4.83. The minimum absolute atomic E-state index is 0.370. The van der Waals surface area contributed by atoms with Gasteiger partial charge in [0.15, 0.2) is 0 Å². The van der Waals surface area contributed by atoms with E-state index in [1.165, 1.54) is 0 Å². The lowest BCUT2D eigenvalue weighted by molar-refractivity contribution is 0.301. The summed E-state index contributed by atoms with van der Waals surface area (Å²) in [5.41, 5.74) is 0. The van der Waals surface area contributed by atoms with Gasteiger partial charge in [-0.15, -0.1) is 0 Å². The molecule has 1 N–H and O–H groups in total. The van der Waals surface area contributed by atoms with E-state index in [1.807, 2.05) is 4.68 Å². The maximum atomic E-state index is 4.31. The largest absolute Gasteiger partial charge is 0.313 e. The summed E-state index contributed by atoms with van der Waals surface area (Å²) in [4.78, 5) is 6.57. The average molecular weight is 239 g/mol. The van der Waals surface area contributed by atoms with Crippen LogP contribution < -0.4 is 5.32 Å². The van der Waals surface area contributed by atoms with Crippen LogP contribution in [-0.2, 0) is 6.54 Å². The summed E-state index contributed by atoms with van der Waals surface area (Å²) in [7, 11) is 2.11. The Hall–Kier alpha value is -0.940. The van der Waals surface area contributed by atoms with Gasteiger partial charge in [-0.25, -0.2) is 9.67 Å². The summed E-state index contributed by atoms with van der Waals surface area (Å²) < 4.78 is 1.98. The van der Waals surface area contributed by atoms with Crippen LogP contribution >= 0.6 is 0 Å². The first-order valence-electron chi connectivity index (χ1n) is 6.31. The summed E-state index contributed by atoms with van der Waals surface area (Å²) in [6, 6.07) is 0.914. The molecule has 0 aromatic carbocycles. The normalized spacial score (nSPS) is 12.0. The Kier molecular flexibility index (Phi) is 5.58. The molecule has 0 amide bonds. The molecule has 0 saturated heterocycles. The molecule has 1 aromatic rings. The van der Waals surface area contributed by atoms with Crippen molar-refractivity contribution >= 4 is 0 Å². The second kappa shape index (κ2) is 6.71. The van der Waals surface area contributed by atoms with Crippen molar-refractivity contribution in [1.29, 1.82) is 0 Å². The molecule has 17 heavy (non-hydrogen) atoms. The number of nitrogens with zero attached hydrogens (tertiary/aromatic N) is 4. The van der Waals surface area contributed by atoms with E-state index >= 15 is 0 Å². The molecule has 1 aromatic heterocycles. The van der Waals surface area contributed by atoms with Crippen molar-refractivity contribution in [3.05, 3.63) is 12.2 Å². The molecule has 98 valence electrons. The van der Waals surface area contributed by atoms with Crippen LogP contribution in [0.15, 0.2) is 6.33 Å². The number of hydrogen-bond donors (Lipinski definition) is 1. The van der Waals surface area contributed by atoms with Crippen molar-refractivity contribution in [1.82, 2.24) is 25.0 Å². The standard InChI is InChI=1S/C12H25N5/c1-10(2)13-6-7-16(5)8-12-14-9-15-17(12)11(3)4/h9-11,13H,6-8H2,1-5H3. The van der Waals surface area contributed by atoms with Gasteiger partial charge in [0.1, 0.15) is 12.2 Å². The van der Waals surface area contributed by atoms with Gasteiger partial charge < -0.3 is 5.32 Å². The van der Waals surface area contributed by atoms with Crippen LogP contribution in [0.1, 0.15) is 39.6 Å². The van der Waals surface area contributed by atoms with Gasteiger partial charge in [0, 0.05) is 25.2 Å². The van der Waals surface area contributed by atoms with E-state index in [0.717, 1.165) is 25.5 Å². The topological polar surface area (TPSA) is 46.0 Å². The molecule has 0 aliphatic heterocycles. The van der Waals surface area contributed by atoms with E-state index in [9.17, 15) is 0 Å². The molecule has 0 unspecified atom stereocenters. The van der Waals surface area contributed by atoms with Gasteiger partial charge in [-0.3, -0.25) is 4.90 Å². The van der Waals surface area contributed by atoms with E-state index in [1.54, 1.807) is 6.33 Å². The molecule has 0 radical (unpaired) electrons. The molecule has 0 aliphatic rings. The summed E-state index contributed by atoms with van der Waals surface area (Å²) in [5, 5.41) is 7.65. The first-order valence-corrected chi connectivity index (χ1v) is 6.31. The van der Waals surface area contributed by atoms with Crippen molar-refractivity contribution in [3.63, 3.8) is 0 Å². The van der Waals surface area contributed by atoms with Gasteiger partial charge >= 0.3 is 0 Å². The number of nitrogens with one attached hydrogen (secondary N) is 1. The van der Waals surface area contributed by atoms with E-state index in [-0.39, 0.29) is 0 Å². The number of hydrogen-bond acceptors (Lipinski definition) is 4. The molecule has 5 heteroatoms. The summed E-state index contributed by atoms with van der Waals surface area (Å²) >= 11 is 0. The summed E-state index contributed by atoms with van der Waals surface area (Å²) in [5.74, 6) is 1.03. The molecule has 0 fully saturated rings. The molecule has 0 saturated carbocycles. The zero-order chi connectivity index (χ0) is 12.8. The highest BCUT2D eigenvalue weighted by molar-refractivity contribution is 4.86. The van der Waals surface area contributed by atoms with Crippen molar-refractivity contribution < 1.29 is 0 Å². The SMILES string of the molecule is CC(C)NCCN(C)Cc1ncnn1C(C)C. The Balaban J connectivity index is 2.39. The van der Waals surface area contributed by atoms with Crippen molar-refractivity contribution in [3.8, 4) is 0 Å². The van der Waals surface area contributed by atoms with Crippen LogP contribution in [0.4, 0.5) is 0 Å². The minimum Gasteiger partial charge on any atom is -0.313 e. The van der Waals surface area contributed by atoms with Gasteiger partial charge in [-0.2, -0.15) is 5.10 Å². The Morgan fingerprint density at radius 2 is 2.06 bits per heavy atom. The molecule has 5 nitrogen and oxygen atoms in total. The van der Waals surface area contributed by atoms with Crippen LogP contribution in [0.2, 0.25) is 0 Å². The van der Waals surface area contributed by atoms with Gasteiger partial charge in [-0.05, 0) is 20.9 Å². The smallest absolute Gasteiger partial charge is 0.141 e. The Labute approximate surface area is 104 Å². The number of likely N-dealkylation sites (N-methyl/N-ethyl adjacent to an activating group) is 1. The van der Waals surface area contributed by atoms with Gasteiger partial charge in [0.2, 0.25) is 0 Å². The quantitative estimate of drug-likeness (QED) is 0.779. The van der Waals surface area contributed by atoms with Crippen LogP contribution in [0.5, 0.6) is 0 Å². The Morgan fingerprint density at radius 1 is 1.35 bits per heavy atom. The second-order valence-corrected chi connectivity index (χ2v) is 5.06. The van der Waals surface area contributed by atoms with Gasteiger partial charge in [-0.1, -0.05) is 13.8 Å². The number of aromatic nitrogens is 3. The highest BCUT2D eigenvalue weighted by Gasteiger charge is 2.09. The highest BCUT2D eigenvalue weighted by atomic mass is 15.4. The molecule has 1 rings (SSSR count). The first-order chi connectivity index (χ1) is 8.00. The van der Waals surface area contributed by atoms with Crippen LogP contribution in [0, 0.1) is 0 Å². The number of rotatable bonds is 7. The second-order valence-electron chi connectivity index (χ2n) is 5.06. The third-order valence-electron chi connectivity index (χ3n) is 2.59. The maximum Gasteiger partial charge on any atom is 0.141 e. The summed E-state index contributed by atoms with van der Waals surface area (Å²) in [6.07, 6.45) is 1.63. The minimum atomic E-state index is 0.370. The molecule has 1 heterocycles. The average Bonchev–Trinajstić information content (AvgIpc) is 2.65. The molecule has 0 spiro atoms. The van der Waals surface area contributed by atoms with Crippen molar-refractivity contribution in [2.45, 2.75) is 46.3 Å².